The van der Waals surface area contributed by atoms with Crippen LogP contribution < -0.4 is 4.90 Å². The van der Waals surface area contributed by atoms with Gasteiger partial charge in [0, 0.05) is 26.2 Å². The molecule has 0 N–H and O–H groups in total. The summed E-state index contributed by atoms with van der Waals surface area (Å²) in [5.74, 6) is 2.44. The van der Waals surface area contributed by atoms with Crippen LogP contribution in [0.3, 0.4) is 0 Å². The number of anilines is 1. The molecule has 1 aromatic rings. The average Bonchev–Trinajstić information content (AvgIpc) is 2.56. The molecule has 1 aromatic heterocycles. The zero-order chi connectivity index (χ0) is 15.5. The first-order chi connectivity index (χ1) is 10.6. The second-order valence-corrected chi connectivity index (χ2v) is 6.92. The van der Waals surface area contributed by atoms with Gasteiger partial charge >= 0.3 is 0 Å². The quantitative estimate of drug-likeness (QED) is 0.842. The molecule has 2 fully saturated rings. The monoisotopic (exact) mass is 302 g/mol. The zero-order valence-corrected chi connectivity index (χ0v) is 13.7. The Labute approximate surface area is 132 Å². The van der Waals surface area contributed by atoms with Crippen molar-refractivity contribution in [1.29, 1.82) is 0 Å². The molecule has 22 heavy (non-hydrogen) atoms. The lowest BCUT2D eigenvalue weighted by molar-refractivity contribution is 0.0690. The summed E-state index contributed by atoms with van der Waals surface area (Å²) < 4.78 is 0. The van der Waals surface area contributed by atoms with Crippen molar-refractivity contribution < 1.29 is 4.79 Å². The molecule has 0 spiro atoms. The average molecular weight is 302 g/mol. The Bertz CT molecular complexity index is 500. The standard InChI is InChI=1S/C17H26N4O/c1-13-5-9-20(10-6-13)16-4-3-15(18-19-16)17(22)21-11-7-14(2)8-12-21/h3-4,13-14H,5-12H2,1-2H3. The van der Waals surface area contributed by atoms with Crippen LogP contribution in [-0.2, 0) is 0 Å². The highest BCUT2D eigenvalue weighted by atomic mass is 16.2. The molecule has 0 aliphatic carbocycles. The summed E-state index contributed by atoms with van der Waals surface area (Å²) in [5, 5.41) is 8.47. The number of carbonyl (C=O) groups excluding carboxylic acids is 1. The molecular weight excluding hydrogens is 276 g/mol. The fourth-order valence-corrected chi connectivity index (χ4v) is 3.22. The number of nitrogens with zero attached hydrogens (tertiary/aromatic N) is 4. The Morgan fingerprint density at radius 2 is 1.55 bits per heavy atom. The Balaban J connectivity index is 1.62. The number of hydrogen-bond donors (Lipinski definition) is 0. The van der Waals surface area contributed by atoms with Crippen LogP contribution in [0.25, 0.3) is 0 Å². The highest BCUT2D eigenvalue weighted by molar-refractivity contribution is 5.92. The minimum Gasteiger partial charge on any atom is -0.355 e. The first kappa shape index (κ1) is 15.3. The van der Waals surface area contributed by atoms with Gasteiger partial charge in [-0.2, -0.15) is 0 Å². The van der Waals surface area contributed by atoms with Crippen LogP contribution in [0.4, 0.5) is 5.82 Å². The number of amides is 1. The highest BCUT2D eigenvalue weighted by Crippen LogP contribution is 2.21. The lowest BCUT2D eigenvalue weighted by atomic mass is 9.99. The Kier molecular flexibility index (Phi) is 4.60. The zero-order valence-electron chi connectivity index (χ0n) is 13.7. The van der Waals surface area contributed by atoms with Crippen molar-refractivity contribution in [2.75, 3.05) is 31.1 Å². The van der Waals surface area contributed by atoms with E-state index in [9.17, 15) is 4.79 Å². The predicted octanol–water partition coefficient (Wildman–Crippen LogP) is 2.59. The van der Waals surface area contributed by atoms with Crippen molar-refractivity contribution in [3.63, 3.8) is 0 Å². The van der Waals surface area contributed by atoms with Crippen LogP contribution in [0.15, 0.2) is 12.1 Å². The Morgan fingerprint density at radius 3 is 2.09 bits per heavy atom. The van der Waals surface area contributed by atoms with E-state index in [4.69, 9.17) is 0 Å². The third-order valence-corrected chi connectivity index (χ3v) is 5.05. The van der Waals surface area contributed by atoms with Crippen molar-refractivity contribution in [1.82, 2.24) is 15.1 Å². The van der Waals surface area contributed by atoms with Crippen molar-refractivity contribution in [3.05, 3.63) is 17.8 Å². The van der Waals surface area contributed by atoms with Crippen LogP contribution in [-0.4, -0.2) is 47.2 Å². The molecule has 0 radical (unpaired) electrons. The van der Waals surface area contributed by atoms with Gasteiger partial charge in [-0.05, 0) is 49.7 Å². The van der Waals surface area contributed by atoms with E-state index in [1.807, 2.05) is 17.0 Å². The van der Waals surface area contributed by atoms with E-state index in [0.29, 0.717) is 5.69 Å². The summed E-state index contributed by atoms with van der Waals surface area (Å²) >= 11 is 0. The lowest BCUT2D eigenvalue weighted by Crippen LogP contribution is -2.38. The third kappa shape index (κ3) is 3.39. The third-order valence-electron chi connectivity index (χ3n) is 5.05. The fraction of sp³-hybridized carbons (Fsp3) is 0.706. The smallest absolute Gasteiger partial charge is 0.274 e. The van der Waals surface area contributed by atoms with Crippen LogP contribution >= 0.6 is 0 Å². The van der Waals surface area contributed by atoms with Gasteiger partial charge in [-0.3, -0.25) is 4.79 Å². The first-order valence-electron chi connectivity index (χ1n) is 8.51. The molecule has 120 valence electrons. The molecule has 5 heteroatoms. The normalized spacial score (nSPS) is 21.2. The largest absolute Gasteiger partial charge is 0.355 e. The van der Waals surface area contributed by atoms with E-state index < -0.39 is 0 Å². The maximum atomic E-state index is 12.4. The second kappa shape index (κ2) is 6.63. The van der Waals surface area contributed by atoms with Gasteiger partial charge in [0.1, 0.15) is 0 Å². The molecule has 0 atom stereocenters. The molecule has 5 nitrogen and oxygen atoms in total. The van der Waals surface area contributed by atoms with Gasteiger partial charge in [0.25, 0.3) is 5.91 Å². The molecule has 0 unspecified atom stereocenters. The number of piperidine rings is 2. The molecule has 2 saturated heterocycles. The van der Waals surface area contributed by atoms with Gasteiger partial charge < -0.3 is 9.80 Å². The van der Waals surface area contributed by atoms with E-state index in [-0.39, 0.29) is 5.91 Å². The van der Waals surface area contributed by atoms with Gasteiger partial charge in [0.05, 0.1) is 0 Å². The topological polar surface area (TPSA) is 49.3 Å². The Morgan fingerprint density at radius 1 is 0.955 bits per heavy atom. The van der Waals surface area contributed by atoms with Gasteiger partial charge in [-0.25, -0.2) is 0 Å². The second-order valence-electron chi connectivity index (χ2n) is 6.92. The summed E-state index contributed by atoms with van der Waals surface area (Å²) in [6.45, 7) is 8.29. The number of aromatic nitrogens is 2. The van der Waals surface area contributed by atoms with E-state index in [1.165, 1.54) is 12.8 Å². The van der Waals surface area contributed by atoms with E-state index in [2.05, 4.69) is 28.9 Å². The molecule has 0 aromatic carbocycles. The van der Waals surface area contributed by atoms with Gasteiger partial charge in [0.15, 0.2) is 11.5 Å². The Hall–Kier alpha value is -1.65. The summed E-state index contributed by atoms with van der Waals surface area (Å²) in [7, 11) is 0. The summed E-state index contributed by atoms with van der Waals surface area (Å²) in [4.78, 5) is 16.6. The molecule has 3 rings (SSSR count). The maximum Gasteiger partial charge on any atom is 0.274 e. The van der Waals surface area contributed by atoms with Crippen LogP contribution in [0, 0.1) is 11.8 Å². The van der Waals surface area contributed by atoms with Crippen molar-refractivity contribution in [2.45, 2.75) is 39.5 Å². The van der Waals surface area contributed by atoms with Gasteiger partial charge in [-0.15, -0.1) is 10.2 Å². The first-order valence-corrected chi connectivity index (χ1v) is 8.51. The summed E-state index contributed by atoms with van der Waals surface area (Å²) in [5.41, 5.74) is 0.476. The molecule has 0 saturated carbocycles. The van der Waals surface area contributed by atoms with Crippen LogP contribution in [0.1, 0.15) is 50.0 Å². The van der Waals surface area contributed by atoms with E-state index in [1.54, 1.807) is 0 Å². The van der Waals surface area contributed by atoms with Crippen molar-refractivity contribution in [3.8, 4) is 0 Å². The minimum atomic E-state index is 0.0261. The lowest BCUT2D eigenvalue weighted by Gasteiger charge is -2.31. The molecule has 2 aliphatic rings. The molecule has 1 amide bonds. The fourth-order valence-electron chi connectivity index (χ4n) is 3.22. The number of hydrogen-bond acceptors (Lipinski definition) is 4. The molecule has 3 heterocycles. The van der Waals surface area contributed by atoms with Crippen molar-refractivity contribution >= 4 is 11.7 Å². The van der Waals surface area contributed by atoms with E-state index in [0.717, 1.165) is 56.7 Å². The SMILES string of the molecule is CC1CCN(C(=O)c2ccc(N3CCC(C)CC3)nn2)CC1. The van der Waals surface area contributed by atoms with Gasteiger partial charge in [0.2, 0.25) is 0 Å². The molecular formula is C17H26N4O. The predicted molar refractivity (Wildman–Crippen MR) is 86.9 cm³/mol. The highest BCUT2D eigenvalue weighted by Gasteiger charge is 2.23. The number of rotatable bonds is 2. The summed E-state index contributed by atoms with van der Waals surface area (Å²) in [6, 6.07) is 3.78. The molecule has 0 bridgehead atoms. The number of carbonyl (C=O) groups is 1. The van der Waals surface area contributed by atoms with Gasteiger partial charge in [-0.1, -0.05) is 13.8 Å². The van der Waals surface area contributed by atoms with Crippen molar-refractivity contribution in [2.24, 2.45) is 11.8 Å². The molecule has 2 aliphatic heterocycles. The maximum absolute atomic E-state index is 12.4. The minimum absolute atomic E-state index is 0.0261. The van der Waals surface area contributed by atoms with E-state index >= 15 is 0 Å². The number of likely N-dealkylation sites (tertiary alicyclic amines) is 1. The van der Waals surface area contributed by atoms with Crippen LogP contribution in [0.2, 0.25) is 0 Å². The van der Waals surface area contributed by atoms with Crippen LogP contribution in [0.5, 0.6) is 0 Å². The summed E-state index contributed by atoms with van der Waals surface area (Å²) in [6.07, 6.45) is 4.58.